The van der Waals surface area contributed by atoms with E-state index in [2.05, 4.69) is 10.1 Å². The van der Waals surface area contributed by atoms with Crippen LogP contribution in [0.4, 0.5) is 0 Å². The summed E-state index contributed by atoms with van der Waals surface area (Å²) >= 11 is 13.6. The van der Waals surface area contributed by atoms with E-state index in [4.69, 9.17) is 27.7 Å². The highest BCUT2D eigenvalue weighted by Crippen LogP contribution is 2.25. The summed E-state index contributed by atoms with van der Waals surface area (Å²) < 4.78 is 5.17. The molecule has 0 spiro atoms. The smallest absolute Gasteiger partial charge is 0.269 e. The van der Waals surface area contributed by atoms with E-state index in [1.54, 1.807) is 29.5 Å². The molecule has 3 nitrogen and oxygen atoms in total. The third kappa shape index (κ3) is 2.93. The quantitative estimate of drug-likeness (QED) is 0.666. The van der Waals surface area contributed by atoms with Crippen LogP contribution in [0, 0.1) is 0 Å². The number of nitrogens with zero attached hydrogens (tertiary/aromatic N) is 2. The molecule has 20 heavy (non-hydrogen) atoms. The Bertz CT molecular complexity index is 733. The predicted octanol–water partition coefficient (Wildman–Crippen LogP) is 5.19. The average molecular weight is 323 g/mol. The fraction of sp³-hybridized carbons (Fsp3) is 0. The molecule has 2 heterocycles. The van der Waals surface area contributed by atoms with E-state index in [-0.39, 0.29) is 0 Å². The first kappa shape index (κ1) is 13.4. The summed E-state index contributed by atoms with van der Waals surface area (Å²) in [5.41, 5.74) is 1.83. The Morgan fingerprint density at radius 2 is 2.00 bits per heavy atom. The summed E-state index contributed by atoms with van der Waals surface area (Å²) in [5.74, 6) is 0.774. The monoisotopic (exact) mass is 322 g/mol. The number of halogens is 2. The van der Waals surface area contributed by atoms with Crippen molar-refractivity contribution in [1.29, 1.82) is 0 Å². The van der Waals surface area contributed by atoms with Gasteiger partial charge in [-0.25, -0.2) is 0 Å². The fourth-order valence-electron chi connectivity index (χ4n) is 1.60. The van der Waals surface area contributed by atoms with Crippen molar-refractivity contribution < 1.29 is 4.52 Å². The molecular formula is C14H8Cl2N2OS. The zero-order valence-corrected chi connectivity index (χ0v) is 12.4. The molecule has 0 atom stereocenters. The van der Waals surface area contributed by atoms with E-state index in [0.29, 0.717) is 21.8 Å². The second kappa shape index (κ2) is 5.79. The van der Waals surface area contributed by atoms with Crippen molar-refractivity contribution in [2.45, 2.75) is 0 Å². The van der Waals surface area contributed by atoms with Crippen LogP contribution in [-0.2, 0) is 0 Å². The van der Waals surface area contributed by atoms with Gasteiger partial charge in [-0.3, -0.25) is 0 Å². The van der Waals surface area contributed by atoms with Crippen molar-refractivity contribution >= 4 is 45.6 Å². The van der Waals surface area contributed by atoms with Gasteiger partial charge in [0.2, 0.25) is 5.82 Å². The number of hydrogen-bond acceptors (Lipinski definition) is 4. The largest absolute Gasteiger partial charge is 0.333 e. The van der Waals surface area contributed by atoms with E-state index in [1.807, 2.05) is 29.0 Å². The minimum Gasteiger partial charge on any atom is -0.333 e. The highest BCUT2D eigenvalue weighted by Gasteiger charge is 2.11. The molecule has 0 fully saturated rings. The van der Waals surface area contributed by atoms with Crippen LogP contribution in [0.3, 0.4) is 0 Å². The van der Waals surface area contributed by atoms with Gasteiger partial charge in [-0.1, -0.05) is 28.4 Å². The number of rotatable bonds is 3. The van der Waals surface area contributed by atoms with Crippen molar-refractivity contribution in [2.24, 2.45) is 0 Å². The van der Waals surface area contributed by atoms with Gasteiger partial charge < -0.3 is 4.52 Å². The van der Waals surface area contributed by atoms with Crippen molar-refractivity contribution in [3.05, 3.63) is 57.6 Å². The molecule has 0 radical (unpaired) electrons. The maximum absolute atomic E-state index is 6.17. The molecule has 3 rings (SSSR count). The lowest BCUT2D eigenvalue weighted by Crippen LogP contribution is -1.81. The molecule has 3 aromatic rings. The molecule has 0 bridgehead atoms. The minimum absolute atomic E-state index is 0.294. The van der Waals surface area contributed by atoms with Crippen LogP contribution in [0.1, 0.15) is 11.5 Å². The number of thiophene rings is 1. The van der Waals surface area contributed by atoms with Crippen molar-refractivity contribution in [3.8, 4) is 11.4 Å². The summed E-state index contributed by atoms with van der Waals surface area (Å²) in [6.45, 7) is 0. The molecule has 0 aliphatic carbocycles. The van der Waals surface area contributed by atoms with Crippen LogP contribution < -0.4 is 0 Å². The highest BCUT2D eigenvalue weighted by molar-refractivity contribution is 7.08. The van der Waals surface area contributed by atoms with Crippen LogP contribution in [0.25, 0.3) is 22.5 Å². The highest BCUT2D eigenvalue weighted by atomic mass is 35.5. The van der Waals surface area contributed by atoms with E-state index >= 15 is 0 Å². The zero-order valence-electron chi connectivity index (χ0n) is 10.1. The average Bonchev–Trinajstić information content (AvgIpc) is 3.10. The second-order valence-corrected chi connectivity index (χ2v) is 5.60. The van der Waals surface area contributed by atoms with Gasteiger partial charge in [-0.2, -0.15) is 16.3 Å². The lowest BCUT2D eigenvalue weighted by molar-refractivity contribution is 0.410. The maximum Gasteiger partial charge on any atom is 0.269 e. The molecule has 6 heteroatoms. The summed E-state index contributed by atoms with van der Waals surface area (Å²) in [6.07, 6.45) is 1.79. The summed E-state index contributed by atoms with van der Waals surface area (Å²) in [6, 6.07) is 9.16. The molecule has 1 aromatic carbocycles. The minimum atomic E-state index is 0.294. The Morgan fingerprint density at radius 1 is 1.20 bits per heavy atom. The van der Waals surface area contributed by atoms with Crippen LogP contribution >= 0.6 is 34.5 Å². The number of hydrogen-bond donors (Lipinski definition) is 0. The molecule has 0 saturated heterocycles. The van der Waals surface area contributed by atoms with Gasteiger partial charge in [0.05, 0.1) is 0 Å². The van der Waals surface area contributed by atoms with Gasteiger partial charge in [-0.15, -0.1) is 0 Å². The van der Waals surface area contributed by atoms with Gasteiger partial charge in [0.25, 0.3) is 5.89 Å². The Balaban J connectivity index is 1.88. The molecule has 0 unspecified atom stereocenters. The molecule has 0 saturated carbocycles. The van der Waals surface area contributed by atoms with Crippen molar-refractivity contribution in [2.75, 3.05) is 0 Å². The predicted molar refractivity (Wildman–Crippen MR) is 82.8 cm³/mol. The molecule has 0 aliphatic heterocycles. The first-order valence-electron chi connectivity index (χ1n) is 5.72. The standard InChI is InChI=1S/C14H8Cl2N2OS/c15-11-3-1-10(2-4-11)13-17-14(19-18-13)12(16)7-9-5-6-20-8-9/h1-8H/b12-7-. The normalized spacial score (nSPS) is 11.8. The Hall–Kier alpha value is -1.62. The molecular weight excluding hydrogens is 315 g/mol. The lowest BCUT2D eigenvalue weighted by Gasteiger charge is -1.93. The SMILES string of the molecule is Cl/C(=C\c1ccsc1)c1nc(-c2ccc(Cl)cc2)no1. The number of aromatic nitrogens is 2. The van der Waals surface area contributed by atoms with Gasteiger partial charge >= 0.3 is 0 Å². The van der Waals surface area contributed by atoms with E-state index in [0.717, 1.165) is 11.1 Å². The van der Waals surface area contributed by atoms with Gasteiger partial charge in [0.15, 0.2) is 0 Å². The first-order valence-corrected chi connectivity index (χ1v) is 7.42. The van der Waals surface area contributed by atoms with Gasteiger partial charge in [0.1, 0.15) is 5.03 Å². The summed E-state index contributed by atoms with van der Waals surface area (Å²) in [4.78, 5) is 4.27. The maximum atomic E-state index is 6.17. The van der Waals surface area contributed by atoms with E-state index in [9.17, 15) is 0 Å². The summed E-state index contributed by atoms with van der Waals surface area (Å²) in [7, 11) is 0. The molecule has 0 N–H and O–H groups in total. The first-order chi connectivity index (χ1) is 9.72. The van der Waals surface area contributed by atoms with Gasteiger partial charge in [-0.05, 0) is 52.7 Å². The molecule has 0 aliphatic rings. The summed E-state index contributed by atoms with van der Waals surface area (Å²) in [5, 5.41) is 8.95. The topological polar surface area (TPSA) is 38.9 Å². The van der Waals surface area contributed by atoms with Crippen LogP contribution in [-0.4, -0.2) is 10.1 Å². The second-order valence-electron chi connectivity index (χ2n) is 3.98. The van der Waals surface area contributed by atoms with E-state index < -0.39 is 0 Å². The third-order valence-electron chi connectivity index (χ3n) is 2.57. The third-order valence-corrected chi connectivity index (χ3v) is 3.79. The van der Waals surface area contributed by atoms with E-state index in [1.165, 1.54) is 0 Å². The van der Waals surface area contributed by atoms with Crippen LogP contribution in [0.5, 0.6) is 0 Å². The van der Waals surface area contributed by atoms with Crippen LogP contribution in [0.15, 0.2) is 45.6 Å². The lowest BCUT2D eigenvalue weighted by atomic mass is 10.2. The number of benzene rings is 1. The van der Waals surface area contributed by atoms with Crippen molar-refractivity contribution in [1.82, 2.24) is 10.1 Å². The molecule has 2 aromatic heterocycles. The molecule has 0 amide bonds. The van der Waals surface area contributed by atoms with Gasteiger partial charge in [0, 0.05) is 10.6 Å². The fourth-order valence-corrected chi connectivity index (χ4v) is 2.55. The van der Waals surface area contributed by atoms with Crippen molar-refractivity contribution in [3.63, 3.8) is 0 Å². The molecule has 100 valence electrons. The Morgan fingerprint density at radius 3 is 2.70 bits per heavy atom. The van der Waals surface area contributed by atoms with Crippen LogP contribution in [0.2, 0.25) is 5.02 Å². The Kier molecular flexibility index (Phi) is 3.87. The zero-order chi connectivity index (χ0) is 13.9. The Labute approximate surface area is 129 Å².